The van der Waals surface area contributed by atoms with E-state index in [1.807, 2.05) is 29.2 Å². The molecular weight excluding hydrogens is 441 g/mol. The van der Waals surface area contributed by atoms with E-state index >= 15 is 0 Å². The highest BCUT2D eigenvalue weighted by atomic mass is 127. The van der Waals surface area contributed by atoms with Crippen LogP contribution < -0.4 is 11.2 Å². The van der Waals surface area contributed by atoms with E-state index in [1.165, 1.54) is 12.2 Å². The summed E-state index contributed by atoms with van der Waals surface area (Å²) < 4.78 is 6.75. The highest BCUT2D eigenvalue weighted by Gasteiger charge is 2.18. The summed E-state index contributed by atoms with van der Waals surface area (Å²) in [6.45, 7) is 0. The van der Waals surface area contributed by atoms with Crippen molar-refractivity contribution in [2.45, 2.75) is 0 Å². The van der Waals surface area contributed by atoms with Crippen LogP contribution in [0.15, 0.2) is 50.4 Å². The second-order valence-electron chi connectivity index (χ2n) is 4.97. The van der Waals surface area contributed by atoms with E-state index < -0.39 is 21.9 Å². The number of nitro groups is 1. The van der Waals surface area contributed by atoms with E-state index in [2.05, 4.69) is 27.6 Å². The van der Waals surface area contributed by atoms with Gasteiger partial charge in [0.05, 0.1) is 4.92 Å². The van der Waals surface area contributed by atoms with Gasteiger partial charge in [0.1, 0.15) is 17.2 Å². The van der Waals surface area contributed by atoms with Crippen molar-refractivity contribution in [3.05, 3.63) is 82.4 Å². The highest BCUT2D eigenvalue weighted by Crippen LogP contribution is 2.24. The Morgan fingerprint density at radius 2 is 1.76 bits per heavy atom. The maximum atomic E-state index is 11.6. The standard InChI is InChI=1S/C16H10IN3O5/c17-10-3-1-9(2-4-10)13-8-6-11(25-13)5-7-12-14(20(23)24)15(21)19-16(22)18-12/h1-8H,(H2,18,19,21,22)/b7-5+. The molecule has 2 N–H and O–H groups in total. The van der Waals surface area contributed by atoms with Crippen molar-refractivity contribution in [3.63, 3.8) is 0 Å². The van der Waals surface area contributed by atoms with Gasteiger partial charge in [0.15, 0.2) is 0 Å². The number of aromatic amines is 2. The molecular formula is C16H10IN3O5. The number of benzene rings is 1. The number of nitrogens with zero attached hydrogens (tertiary/aromatic N) is 1. The zero-order valence-corrected chi connectivity index (χ0v) is 14.6. The lowest BCUT2D eigenvalue weighted by atomic mass is 10.2. The number of hydrogen-bond acceptors (Lipinski definition) is 5. The summed E-state index contributed by atoms with van der Waals surface area (Å²) >= 11 is 2.20. The smallest absolute Gasteiger partial charge is 0.357 e. The zero-order valence-electron chi connectivity index (χ0n) is 12.5. The second-order valence-corrected chi connectivity index (χ2v) is 6.22. The fourth-order valence-corrected chi connectivity index (χ4v) is 2.54. The molecule has 2 aromatic heterocycles. The molecule has 0 aliphatic carbocycles. The Hall–Kier alpha value is -2.95. The van der Waals surface area contributed by atoms with Crippen molar-refractivity contribution in [3.8, 4) is 11.3 Å². The average molecular weight is 451 g/mol. The summed E-state index contributed by atoms with van der Waals surface area (Å²) in [6, 6.07) is 11.1. The summed E-state index contributed by atoms with van der Waals surface area (Å²) in [7, 11) is 0. The molecule has 0 bridgehead atoms. The first-order valence-electron chi connectivity index (χ1n) is 6.99. The van der Waals surface area contributed by atoms with E-state index in [4.69, 9.17) is 4.42 Å². The molecule has 3 aromatic rings. The number of halogens is 1. The molecule has 0 unspecified atom stereocenters. The molecule has 0 saturated carbocycles. The SMILES string of the molecule is O=c1[nH]c(/C=C/c2ccc(-c3ccc(I)cc3)o2)c([N+](=O)[O-])c(=O)[nH]1. The number of rotatable bonds is 4. The van der Waals surface area contributed by atoms with E-state index in [9.17, 15) is 19.7 Å². The van der Waals surface area contributed by atoms with Gasteiger partial charge in [-0.15, -0.1) is 0 Å². The molecule has 3 rings (SSSR count). The normalized spacial score (nSPS) is 11.1. The van der Waals surface area contributed by atoms with Crippen molar-refractivity contribution in [1.29, 1.82) is 0 Å². The summed E-state index contributed by atoms with van der Waals surface area (Å²) in [4.78, 5) is 37.1. The van der Waals surface area contributed by atoms with Crippen LogP contribution in [-0.2, 0) is 0 Å². The average Bonchev–Trinajstić information content (AvgIpc) is 3.01. The third kappa shape index (κ3) is 3.76. The van der Waals surface area contributed by atoms with Gasteiger partial charge in [-0.05, 0) is 59.0 Å². The Bertz CT molecular complexity index is 1080. The predicted octanol–water partition coefficient (Wildman–Crippen LogP) is 3.01. The van der Waals surface area contributed by atoms with Crippen LogP contribution >= 0.6 is 22.6 Å². The van der Waals surface area contributed by atoms with Crippen molar-refractivity contribution in [2.24, 2.45) is 0 Å². The van der Waals surface area contributed by atoms with Gasteiger partial charge in [0, 0.05) is 9.13 Å². The van der Waals surface area contributed by atoms with Crippen molar-refractivity contribution >= 4 is 40.4 Å². The zero-order chi connectivity index (χ0) is 18.0. The van der Waals surface area contributed by atoms with Gasteiger partial charge >= 0.3 is 16.9 Å². The topological polar surface area (TPSA) is 122 Å². The number of aromatic nitrogens is 2. The molecule has 0 aliphatic heterocycles. The molecule has 0 atom stereocenters. The van der Waals surface area contributed by atoms with Gasteiger partial charge < -0.3 is 9.40 Å². The Balaban J connectivity index is 1.94. The van der Waals surface area contributed by atoms with E-state index in [0.29, 0.717) is 11.5 Å². The summed E-state index contributed by atoms with van der Waals surface area (Å²) in [6.07, 6.45) is 2.69. The molecule has 0 saturated heterocycles. The van der Waals surface area contributed by atoms with Crippen LogP contribution in [0.3, 0.4) is 0 Å². The molecule has 0 fully saturated rings. The molecule has 0 spiro atoms. The van der Waals surface area contributed by atoms with Crippen LogP contribution in [-0.4, -0.2) is 14.9 Å². The van der Waals surface area contributed by atoms with Crippen LogP contribution in [0.2, 0.25) is 0 Å². The maximum absolute atomic E-state index is 11.6. The van der Waals surface area contributed by atoms with Gasteiger partial charge in [-0.2, -0.15) is 0 Å². The van der Waals surface area contributed by atoms with Crippen molar-refractivity contribution in [1.82, 2.24) is 9.97 Å². The first-order chi connectivity index (χ1) is 11.9. The lowest BCUT2D eigenvalue weighted by Gasteiger charge is -1.97. The van der Waals surface area contributed by atoms with E-state index in [-0.39, 0.29) is 5.69 Å². The number of nitrogens with one attached hydrogen (secondary N) is 2. The fourth-order valence-electron chi connectivity index (χ4n) is 2.18. The fraction of sp³-hybridized carbons (Fsp3) is 0. The van der Waals surface area contributed by atoms with Crippen LogP contribution in [0, 0.1) is 13.7 Å². The number of H-pyrrole nitrogens is 2. The largest absolute Gasteiger partial charge is 0.457 e. The summed E-state index contributed by atoms with van der Waals surface area (Å²) in [5, 5.41) is 11.0. The Kier molecular flexibility index (Phi) is 4.65. The van der Waals surface area contributed by atoms with Gasteiger partial charge in [-0.1, -0.05) is 12.1 Å². The van der Waals surface area contributed by atoms with Crippen LogP contribution in [0.1, 0.15) is 11.5 Å². The summed E-state index contributed by atoms with van der Waals surface area (Å²) in [5.41, 5.74) is -1.94. The Morgan fingerprint density at radius 3 is 2.44 bits per heavy atom. The first-order valence-corrected chi connectivity index (χ1v) is 8.07. The van der Waals surface area contributed by atoms with Crippen LogP contribution in [0.25, 0.3) is 23.5 Å². The monoisotopic (exact) mass is 451 g/mol. The highest BCUT2D eigenvalue weighted by molar-refractivity contribution is 14.1. The number of hydrogen-bond donors (Lipinski definition) is 2. The minimum atomic E-state index is -1.06. The number of furan rings is 1. The molecule has 0 radical (unpaired) electrons. The Labute approximate surface area is 153 Å². The van der Waals surface area contributed by atoms with E-state index in [0.717, 1.165) is 9.13 Å². The molecule has 1 aromatic carbocycles. The summed E-state index contributed by atoms with van der Waals surface area (Å²) in [5.74, 6) is 1.05. The van der Waals surface area contributed by atoms with Gasteiger partial charge in [0.25, 0.3) is 0 Å². The third-order valence-electron chi connectivity index (χ3n) is 3.30. The molecule has 126 valence electrons. The first kappa shape index (κ1) is 16.9. The molecule has 0 aliphatic rings. The molecule has 0 amide bonds. The molecule has 8 nitrogen and oxygen atoms in total. The van der Waals surface area contributed by atoms with Gasteiger partial charge in [-0.25, -0.2) is 4.79 Å². The van der Waals surface area contributed by atoms with Gasteiger partial charge in [0.2, 0.25) is 0 Å². The lowest BCUT2D eigenvalue weighted by Crippen LogP contribution is -2.25. The van der Waals surface area contributed by atoms with Crippen molar-refractivity contribution < 1.29 is 9.34 Å². The van der Waals surface area contributed by atoms with Gasteiger partial charge in [-0.3, -0.25) is 19.9 Å². The lowest BCUT2D eigenvalue weighted by molar-refractivity contribution is -0.386. The van der Waals surface area contributed by atoms with Crippen LogP contribution in [0.4, 0.5) is 5.69 Å². The predicted molar refractivity (Wildman–Crippen MR) is 100 cm³/mol. The molecule has 2 heterocycles. The second kappa shape index (κ2) is 6.89. The van der Waals surface area contributed by atoms with E-state index in [1.54, 1.807) is 12.1 Å². The van der Waals surface area contributed by atoms with Crippen molar-refractivity contribution in [2.75, 3.05) is 0 Å². The van der Waals surface area contributed by atoms with Crippen LogP contribution in [0.5, 0.6) is 0 Å². The quantitative estimate of drug-likeness (QED) is 0.359. The third-order valence-corrected chi connectivity index (χ3v) is 4.02. The molecule has 9 heteroatoms. The molecule has 25 heavy (non-hydrogen) atoms. The minimum absolute atomic E-state index is 0.203. The Morgan fingerprint density at radius 1 is 1.04 bits per heavy atom. The maximum Gasteiger partial charge on any atom is 0.357 e. The minimum Gasteiger partial charge on any atom is -0.457 e.